The average Bonchev–Trinajstić information content (AvgIpc) is 2.72. The quantitative estimate of drug-likeness (QED) is 0.233. The van der Waals surface area contributed by atoms with Crippen LogP contribution in [0.4, 0.5) is 0 Å². The van der Waals surface area contributed by atoms with Gasteiger partial charge in [0.15, 0.2) is 0 Å². The van der Waals surface area contributed by atoms with Crippen molar-refractivity contribution in [1.82, 2.24) is 0 Å². The smallest absolute Gasteiger partial charge is 0.125 e. The van der Waals surface area contributed by atoms with Gasteiger partial charge in [-0.3, -0.25) is 0 Å². The van der Waals surface area contributed by atoms with E-state index in [0.29, 0.717) is 6.61 Å². The van der Waals surface area contributed by atoms with Crippen molar-refractivity contribution in [3.05, 3.63) is 66.3 Å². The summed E-state index contributed by atoms with van der Waals surface area (Å²) in [6.07, 6.45) is 18.9. The minimum atomic E-state index is -0.632. The molecule has 0 saturated heterocycles. The van der Waals surface area contributed by atoms with Crippen LogP contribution in [-0.4, -0.2) is 11.7 Å². The molecule has 1 N–H and O–H groups in total. The van der Waals surface area contributed by atoms with Crippen LogP contribution in [0.1, 0.15) is 89.7 Å². The van der Waals surface area contributed by atoms with Crippen molar-refractivity contribution < 1.29 is 9.84 Å². The highest BCUT2D eigenvalue weighted by Gasteiger charge is 2.17. The van der Waals surface area contributed by atoms with Crippen molar-refractivity contribution in [2.24, 2.45) is 0 Å². The van der Waals surface area contributed by atoms with Crippen LogP contribution < -0.4 is 4.74 Å². The fourth-order valence-corrected chi connectivity index (χ4v) is 3.22. The van der Waals surface area contributed by atoms with Crippen molar-refractivity contribution in [2.75, 3.05) is 6.61 Å². The van der Waals surface area contributed by atoms with E-state index in [4.69, 9.17) is 4.74 Å². The second-order valence-electron chi connectivity index (χ2n) is 7.38. The van der Waals surface area contributed by atoms with E-state index in [0.717, 1.165) is 42.6 Å². The van der Waals surface area contributed by atoms with Gasteiger partial charge in [-0.15, -0.1) is 0 Å². The van der Waals surface area contributed by atoms with Crippen LogP contribution in [0.3, 0.4) is 0 Å². The van der Waals surface area contributed by atoms with Gasteiger partial charge in [0.05, 0.1) is 6.61 Å². The molecule has 1 atom stereocenters. The summed E-state index contributed by atoms with van der Waals surface area (Å²) in [6, 6.07) is 7.87. The summed E-state index contributed by atoms with van der Waals surface area (Å²) in [5.74, 6) is 0.793. The predicted molar refractivity (Wildman–Crippen MR) is 122 cm³/mol. The summed E-state index contributed by atoms with van der Waals surface area (Å²) in [4.78, 5) is 0. The third-order valence-electron chi connectivity index (χ3n) is 4.95. The zero-order chi connectivity index (χ0) is 20.5. The average molecular weight is 385 g/mol. The molecule has 0 bridgehead atoms. The Labute approximate surface area is 173 Å². The van der Waals surface area contributed by atoms with Gasteiger partial charge in [0, 0.05) is 5.56 Å². The number of hydrogen-bond donors (Lipinski definition) is 1. The Morgan fingerprint density at radius 3 is 2.36 bits per heavy atom. The molecule has 1 unspecified atom stereocenters. The number of unbranched alkanes of at least 4 members (excludes halogenated alkanes) is 7. The molecule has 0 saturated carbocycles. The fourth-order valence-electron chi connectivity index (χ4n) is 3.22. The minimum Gasteiger partial charge on any atom is -0.493 e. The van der Waals surface area contributed by atoms with Gasteiger partial charge in [0.2, 0.25) is 0 Å². The normalized spacial score (nSPS) is 13.0. The SMILES string of the molecule is C=CC=CC=C(CCCCCCCCC)C(O)c1ccccc1OCCCC. The number of aliphatic hydroxyl groups excluding tert-OH is 1. The van der Waals surface area contributed by atoms with Gasteiger partial charge >= 0.3 is 0 Å². The fraction of sp³-hybridized carbons (Fsp3) is 0.538. The second kappa shape index (κ2) is 16.2. The van der Waals surface area contributed by atoms with E-state index in [2.05, 4.69) is 20.4 Å². The first kappa shape index (κ1) is 24.2. The highest BCUT2D eigenvalue weighted by Crippen LogP contribution is 2.32. The van der Waals surface area contributed by atoms with E-state index >= 15 is 0 Å². The Morgan fingerprint density at radius 1 is 0.964 bits per heavy atom. The number of benzene rings is 1. The van der Waals surface area contributed by atoms with Crippen molar-refractivity contribution in [1.29, 1.82) is 0 Å². The highest BCUT2D eigenvalue weighted by atomic mass is 16.5. The zero-order valence-corrected chi connectivity index (χ0v) is 18.0. The van der Waals surface area contributed by atoms with Crippen molar-refractivity contribution in [3.63, 3.8) is 0 Å². The lowest BCUT2D eigenvalue weighted by Gasteiger charge is -2.19. The summed E-state index contributed by atoms with van der Waals surface area (Å²) in [7, 11) is 0. The van der Waals surface area contributed by atoms with Crippen LogP contribution >= 0.6 is 0 Å². The number of allylic oxidation sites excluding steroid dienone is 4. The molecular formula is C26H40O2. The topological polar surface area (TPSA) is 29.5 Å². The predicted octanol–water partition coefficient (Wildman–Crippen LogP) is 7.71. The van der Waals surface area contributed by atoms with E-state index < -0.39 is 6.10 Å². The van der Waals surface area contributed by atoms with Crippen molar-refractivity contribution >= 4 is 0 Å². The molecule has 0 aliphatic carbocycles. The molecule has 1 aromatic carbocycles. The Morgan fingerprint density at radius 2 is 1.64 bits per heavy atom. The lowest BCUT2D eigenvalue weighted by molar-refractivity contribution is 0.201. The summed E-state index contributed by atoms with van der Waals surface area (Å²) in [6.45, 7) is 8.82. The largest absolute Gasteiger partial charge is 0.493 e. The molecule has 2 heteroatoms. The second-order valence-corrected chi connectivity index (χ2v) is 7.38. The Kier molecular flexibility index (Phi) is 14.0. The minimum absolute atomic E-state index is 0.632. The third kappa shape index (κ3) is 9.94. The molecule has 28 heavy (non-hydrogen) atoms. The molecule has 0 fully saturated rings. The molecule has 0 heterocycles. The Bertz CT molecular complexity index is 586. The maximum atomic E-state index is 11.1. The molecule has 2 nitrogen and oxygen atoms in total. The molecule has 0 aromatic heterocycles. The first-order chi connectivity index (χ1) is 13.7. The van der Waals surface area contributed by atoms with Gasteiger partial charge in [-0.1, -0.05) is 108 Å². The van der Waals surface area contributed by atoms with Crippen molar-refractivity contribution in [3.8, 4) is 5.75 Å². The molecular weight excluding hydrogens is 344 g/mol. The molecule has 1 rings (SSSR count). The highest BCUT2D eigenvalue weighted by molar-refractivity contribution is 5.39. The maximum Gasteiger partial charge on any atom is 0.125 e. The Hall–Kier alpha value is -1.80. The van der Waals surface area contributed by atoms with Crippen LogP contribution in [0.2, 0.25) is 0 Å². The first-order valence-corrected chi connectivity index (χ1v) is 11.1. The number of ether oxygens (including phenoxy) is 1. The van der Waals surface area contributed by atoms with Gasteiger partial charge in [-0.2, -0.15) is 0 Å². The monoisotopic (exact) mass is 384 g/mol. The van der Waals surface area contributed by atoms with Gasteiger partial charge in [-0.25, -0.2) is 0 Å². The van der Waals surface area contributed by atoms with E-state index in [1.165, 1.54) is 38.5 Å². The van der Waals surface area contributed by atoms with Crippen LogP contribution in [-0.2, 0) is 0 Å². The van der Waals surface area contributed by atoms with Crippen LogP contribution in [0.15, 0.2) is 60.7 Å². The molecule has 0 amide bonds. The lowest BCUT2D eigenvalue weighted by Crippen LogP contribution is -2.06. The number of hydrogen-bond acceptors (Lipinski definition) is 2. The molecule has 1 aromatic rings. The lowest BCUT2D eigenvalue weighted by atomic mass is 9.95. The van der Waals surface area contributed by atoms with E-state index in [-0.39, 0.29) is 0 Å². The van der Waals surface area contributed by atoms with E-state index in [1.807, 2.05) is 42.5 Å². The molecule has 0 radical (unpaired) electrons. The summed E-state index contributed by atoms with van der Waals surface area (Å²) < 4.78 is 5.93. The van der Waals surface area contributed by atoms with Gasteiger partial charge < -0.3 is 9.84 Å². The summed E-state index contributed by atoms with van der Waals surface area (Å²) >= 11 is 0. The van der Waals surface area contributed by atoms with Crippen molar-refractivity contribution in [2.45, 2.75) is 84.2 Å². The molecule has 0 spiro atoms. The Balaban J connectivity index is 2.74. The third-order valence-corrected chi connectivity index (χ3v) is 4.95. The standard InChI is InChI=1S/C26H40O2/c1-4-7-10-11-12-13-15-19-23(18-14-8-5-2)26(27)24-20-16-17-21-25(24)28-22-9-6-3/h5,8,14,16-18,20-21,26-27H,2,4,6-7,9-13,15,19,22H2,1,3H3. The molecule has 156 valence electrons. The molecule has 0 aliphatic heterocycles. The van der Waals surface area contributed by atoms with Gasteiger partial charge in [0.25, 0.3) is 0 Å². The summed E-state index contributed by atoms with van der Waals surface area (Å²) in [5.41, 5.74) is 1.90. The first-order valence-electron chi connectivity index (χ1n) is 11.1. The van der Waals surface area contributed by atoms with Crippen LogP contribution in [0.25, 0.3) is 0 Å². The number of rotatable bonds is 16. The number of aliphatic hydroxyl groups is 1. The van der Waals surface area contributed by atoms with Gasteiger partial charge in [-0.05, 0) is 30.9 Å². The van der Waals surface area contributed by atoms with E-state index in [1.54, 1.807) is 6.08 Å². The maximum absolute atomic E-state index is 11.1. The molecule has 0 aliphatic rings. The zero-order valence-electron chi connectivity index (χ0n) is 18.0. The van der Waals surface area contributed by atoms with Crippen LogP contribution in [0.5, 0.6) is 5.75 Å². The summed E-state index contributed by atoms with van der Waals surface area (Å²) in [5, 5.41) is 11.1. The van der Waals surface area contributed by atoms with Gasteiger partial charge in [0.1, 0.15) is 11.9 Å². The number of para-hydroxylation sites is 1. The van der Waals surface area contributed by atoms with Crippen LogP contribution in [0, 0.1) is 0 Å². The van der Waals surface area contributed by atoms with E-state index in [9.17, 15) is 5.11 Å².